The number of amides is 1. The Hall–Kier alpha value is -3.75. The molecule has 3 rings (SSSR count). The van der Waals surface area contributed by atoms with Gasteiger partial charge in [0.05, 0.1) is 12.8 Å². The van der Waals surface area contributed by atoms with E-state index in [0.717, 1.165) is 21.6 Å². The molecule has 0 unspecified atom stereocenters. The largest absolute Gasteiger partial charge is 0.467 e. The molecular weight excluding hydrogens is 386 g/mol. The summed E-state index contributed by atoms with van der Waals surface area (Å²) >= 11 is 0. The monoisotopic (exact) mass is 409 g/mol. The number of carbonyl (C=O) groups is 2. The number of aryl methyl sites for hydroxylation is 2. The predicted molar refractivity (Wildman–Crippen MR) is 109 cm³/mol. The molecule has 2 heterocycles. The fourth-order valence-corrected chi connectivity index (χ4v) is 3.09. The molecule has 0 saturated carbocycles. The molecule has 0 aliphatic carbocycles. The van der Waals surface area contributed by atoms with E-state index in [4.69, 9.17) is 4.74 Å². The molecule has 1 atom stereocenters. The Morgan fingerprint density at radius 3 is 2.47 bits per heavy atom. The number of esters is 1. The van der Waals surface area contributed by atoms with Crippen molar-refractivity contribution in [2.75, 3.05) is 7.11 Å². The van der Waals surface area contributed by atoms with E-state index in [-0.39, 0.29) is 13.0 Å². The van der Waals surface area contributed by atoms with Crippen LogP contribution in [0.4, 0.5) is 0 Å². The number of ether oxygens (including phenoxy) is 1. The second kappa shape index (κ2) is 9.17. The van der Waals surface area contributed by atoms with Crippen LogP contribution in [0, 0.1) is 13.8 Å². The molecule has 3 aromatic rings. The highest BCUT2D eigenvalue weighted by molar-refractivity contribution is 5.84. The summed E-state index contributed by atoms with van der Waals surface area (Å²) in [5, 5.41) is 11.2. The third kappa shape index (κ3) is 4.99. The summed E-state index contributed by atoms with van der Waals surface area (Å²) in [6.07, 6.45) is 0.271. The first-order chi connectivity index (χ1) is 14.4. The molecule has 1 amide bonds. The van der Waals surface area contributed by atoms with Gasteiger partial charge in [-0.05, 0) is 31.5 Å². The number of rotatable bonds is 7. The minimum Gasteiger partial charge on any atom is -0.467 e. The standard InChI is InChI=1S/C21H23N5O4/c1-14-11-15(2)26(23-14)18-9-10-20(28)25(24-18)13-19(27)22-17(21(29)30-3)12-16-7-5-4-6-8-16/h4-11,17H,12-13H2,1-3H3,(H,22,27)/t17-/m1/s1. The normalized spacial score (nSPS) is 11.7. The molecule has 9 heteroatoms. The van der Waals surface area contributed by atoms with Crippen LogP contribution in [-0.2, 0) is 27.3 Å². The van der Waals surface area contributed by atoms with E-state index in [1.165, 1.54) is 13.2 Å². The van der Waals surface area contributed by atoms with Gasteiger partial charge < -0.3 is 10.1 Å². The number of hydrogen-bond donors (Lipinski definition) is 1. The van der Waals surface area contributed by atoms with Gasteiger partial charge in [0.1, 0.15) is 12.6 Å². The van der Waals surface area contributed by atoms with E-state index < -0.39 is 23.5 Å². The summed E-state index contributed by atoms with van der Waals surface area (Å²) in [7, 11) is 1.26. The third-order valence-corrected chi connectivity index (χ3v) is 4.48. The molecule has 0 aliphatic rings. The zero-order valence-corrected chi connectivity index (χ0v) is 17.0. The van der Waals surface area contributed by atoms with Crippen LogP contribution >= 0.6 is 0 Å². The molecule has 0 radical (unpaired) electrons. The first-order valence-electron chi connectivity index (χ1n) is 9.40. The van der Waals surface area contributed by atoms with Gasteiger partial charge in [0.25, 0.3) is 5.56 Å². The SMILES string of the molecule is COC(=O)[C@@H](Cc1ccccc1)NC(=O)Cn1nc(-n2nc(C)cc2C)ccc1=O. The molecule has 1 aromatic carbocycles. The van der Waals surface area contributed by atoms with Crippen LogP contribution in [0.2, 0.25) is 0 Å². The first-order valence-corrected chi connectivity index (χ1v) is 9.40. The molecule has 30 heavy (non-hydrogen) atoms. The highest BCUT2D eigenvalue weighted by Gasteiger charge is 2.22. The van der Waals surface area contributed by atoms with E-state index in [9.17, 15) is 14.4 Å². The van der Waals surface area contributed by atoms with Gasteiger partial charge in [-0.3, -0.25) is 9.59 Å². The summed E-state index contributed by atoms with van der Waals surface area (Å²) in [6.45, 7) is 3.38. The zero-order valence-electron chi connectivity index (χ0n) is 17.0. The lowest BCUT2D eigenvalue weighted by atomic mass is 10.1. The third-order valence-electron chi connectivity index (χ3n) is 4.48. The van der Waals surface area contributed by atoms with Gasteiger partial charge in [-0.15, -0.1) is 5.10 Å². The van der Waals surface area contributed by atoms with Crippen LogP contribution in [0.3, 0.4) is 0 Å². The quantitative estimate of drug-likeness (QED) is 0.582. The van der Waals surface area contributed by atoms with Crippen LogP contribution in [0.1, 0.15) is 17.0 Å². The van der Waals surface area contributed by atoms with E-state index in [1.54, 1.807) is 10.7 Å². The maximum Gasteiger partial charge on any atom is 0.328 e. The van der Waals surface area contributed by atoms with Crippen LogP contribution in [0.5, 0.6) is 0 Å². The molecule has 156 valence electrons. The highest BCUT2D eigenvalue weighted by atomic mass is 16.5. The lowest BCUT2D eigenvalue weighted by Gasteiger charge is -2.17. The fourth-order valence-electron chi connectivity index (χ4n) is 3.09. The minimum atomic E-state index is -0.875. The Balaban J connectivity index is 1.77. The summed E-state index contributed by atoms with van der Waals surface area (Å²) in [4.78, 5) is 36.9. The van der Waals surface area contributed by atoms with Crippen molar-refractivity contribution in [3.05, 3.63) is 75.8 Å². The van der Waals surface area contributed by atoms with Crippen molar-refractivity contribution in [2.45, 2.75) is 32.9 Å². The molecule has 0 fully saturated rings. The minimum absolute atomic E-state index is 0.271. The van der Waals surface area contributed by atoms with Gasteiger partial charge >= 0.3 is 5.97 Å². The van der Waals surface area contributed by atoms with Gasteiger partial charge in [0.2, 0.25) is 5.91 Å². The fraction of sp³-hybridized carbons (Fsp3) is 0.286. The predicted octanol–water partition coefficient (Wildman–Crippen LogP) is 0.946. The van der Waals surface area contributed by atoms with Crippen molar-refractivity contribution in [1.82, 2.24) is 24.9 Å². The van der Waals surface area contributed by atoms with Crippen molar-refractivity contribution in [2.24, 2.45) is 0 Å². The van der Waals surface area contributed by atoms with E-state index in [0.29, 0.717) is 5.82 Å². The number of nitrogens with one attached hydrogen (secondary N) is 1. The van der Waals surface area contributed by atoms with Gasteiger partial charge in [-0.1, -0.05) is 30.3 Å². The van der Waals surface area contributed by atoms with E-state index in [2.05, 4.69) is 15.5 Å². The van der Waals surface area contributed by atoms with Gasteiger partial charge in [0.15, 0.2) is 5.82 Å². The molecular formula is C21H23N5O4. The van der Waals surface area contributed by atoms with Crippen LogP contribution in [0.15, 0.2) is 53.3 Å². The molecule has 0 bridgehead atoms. The number of aromatic nitrogens is 4. The number of hydrogen-bond acceptors (Lipinski definition) is 6. The molecule has 2 aromatic heterocycles. The summed E-state index contributed by atoms with van der Waals surface area (Å²) in [5.74, 6) is -0.674. The number of benzene rings is 1. The van der Waals surface area contributed by atoms with Crippen molar-refractivity contribution in [3.8, 4) is 5.82 Å². The van der Waals surface area contributed by atoms with Crippen LogP contribution in [0.25, 0.3) is 5.82 Å². The average Bonchev–Trinajstić information content (AvgIpc) is 3.07. The molecule has 0 spiro atoms. The van der Waals surface area contributed by atoms with Crippen LogP contribution < -0.4 is 10.9 Å². The Morgan fingerprint density at radius 2 is 1.83 bits per heavy atom. The van der Waals surface area contributed by atoms with E-state index >= 15 is 0 Å². The van der Waals surface area contributed by atoms with E-state index in [1.807, 2.05) is 50.2 Å². The molecule has 9 nitrogen and oxygen atoms in total. The topological polar surface area (TPSA) is 108 Å². The maximum absolute atomic E-state index is 12.6. The Kier molecular flexibility index (Phi) is 6.41. The zero-order chi connectivity index (χ0) is 21.7. The van der Waals surface area contributed by atoms with Gasteiger partial charge in [-0.25, -0.2) is 14.2 Å². The first kappa shape index (κ1) is 21.0. The molecule has 0 saturated heterocycles. The lowest BCUT2D eigenvalue weighted by molar-refractivity contribution is -0.145. The van der Waals surface area contributed by atoms with Crippen molar-refractivity contribution >= 4 is 11.9 Å². The number of carbonyl (C=O) groups excluding carboxylic acids is 2. The van der Waals surface area contributed by atoms with Gasteiger partial charge in [-0.2, -0.15) is 5.10 Å². The molecule has 0 aliphatic heterocycles. The smallest absolute Gasteiger partial charge is 0.328 e. The summed E-state index contributed by atoms with van der Waals surface area (Å²) in [5.41, 5.74) is 2.10. The maximum atomic E-state index is 12.6. The molecule has 1 N–H and O–H groups in total. The second-order valence-electron chi connectivity index (χ2n) is 6.86. The lowest BCUT2D eigenvalue weighted by Crippen LogP contribution is -2.45. The second-order valence-corrected chi connectivity index (χ2v) is 6.86. The van der Waals surface area contributed by atoms with Crippen molar-refractivity contribution in [1.29, 1.82) is 0 Å². The van der Waals surface area contributed by atoms with Gasteiger partial charge in [0, 0.05) is 18.2 Å². The van der Waals surface area contributed by atoms with Crippen molar-refractivity contribution in [3.63, 3.8) is 0 Å². The van der Waals surface area contributed by atoms with Crippen LogP contribution in [-0.4, -0.2) is 44.6 Å². The number of nitrogens with zero attached hydrogens (tertiary/aromatic N) is 4. The Bertz CT molecular complexity index is 1100. The average molecular weight is 409 g/mol. The van der Waals surface area contributed by atoms with Crippen molar-refractivity contribution < 1.29 is 14.3 Å². The highest BCUT2D eigenvalue weighted by Crippen LogP contribution is 2.08. The Morgan fingerprint density at radius 1 is 1.10 bits per heavy atom. The Labute approximate surface area is 173 Å². The summed E-state index contributed by atoms with van der Waals surface area (Å²) < 4.78 is 7.44. The number of methoxy groups -OCH3 is 1. The summed E-state index contributed by atoms with van der Waals surface area (Å²) in [6, 6.07) is 13.1.